The molecule has 6 heteroatoms. The molecule has 5 nitrogen and oxygen atoms in total. The number of ether oxygens (including phenoxy) is 2. The van der Waals surface area contributed by atoms with E-state index in [1.165, 1.54) is 5.56 Å². The Hall–Kier alpha value is -1.14. The van der Waals surface area contributed by atoms with Gasteiger partial charge in [0.1, 0.15) is 6.10 Å². The summed E-state index contributed by atoms with van der Waals surface area (Å²) < 4.78 is 11.5. The first-order valence-corrected chi connectivity index (χ1v) is 8.59. The molecule has 2 saturated heterocycles. The third kappa shape index (κ3) is 5.45. The number of nitrogens with one attached hydrogen (secondary N) is 1. The lowest BCUT2D eigenvalue weighted by Gasteiger charge is -2.27. The number of carbonyl (C=O) groups is 1. The number of likely N-dealkylation sites (tertiary alicyclic amines) is 1. The lowest BCUT2D eigenvalue weighted by atomic mass is 10.1. The molecule has 1 aromatic rings. The number of carbonyl (C=O) groups excluding carboxylic acids is 1. The minimum Gasteiger partial charge on any atom is -0.376 e. The minimum atomic E-state index is -0.319. The van der Waals surface area contributed by atoms with Gasteiger partial charge >= 0.3 is 0 Å². The van der Waals surface area contributed by atoms with Crippen LogP contribution in [0.15, 0.2) is 30.3 Å². The topological polar surface area (TPSA) is 50.8 Å². The summed E-state index contributed by atoms with van der Waals surface area (Å²) in [6.45, 7) is 4.30. The molecule has 24 heavy (non-hydrogen) atoms. The van der Waals surface area contributed by atoms with Crippen molar-refractivity contribution in [3.05, 3.63) is 35.9 Å². The average molecular weight is 355 g/mol. The van der Waals surface area contributed by atoms with Crippen LogP contribution in [0.4, 0.5) is 0 Å². The van der Waals surface area contributed by atoms with Gasteiger partial charge in [-0.25, -0.2) is 0 Å². The van der Waals surface area contributed by atoms with Crippen molar-refractivity contribution in [1.82, 2.24) is 10.2 Å². The van der Waals surface area contributed by atoms with Gasteiger partial charge in [-0.15, -0.1) is 12.4 Å². The molecule has 0 radical (unpaired) electrons. The molecule has 0 aromatic heterocycles. The zero-order valence-corrected chi connectivity index (χ0v) is 14.8. The smallest absolute Gasteiger partial charge is 0.253 e. The standard InChI is InChI=1S/C18H26N2O3.ClH/c21-18(17-13-19-9-12-23-17)20-10-8-16(14-20)22-11-4-7-15-5-2-1-3-6-15;/h1-3,5-6,16-17,19H,4,7-14H2;1H. The van der Waals surface area contributed by atoms with Crippen molar-refractivity contribution in [2.75, 3.05) is 39.4 Å². The van der Waals surface area contributed by atoms with E-state index >= 15 is 0 Å². The molecular formula is C18H27ClN2O3. The van der Waals surface area contributed by atoms with Gasteiger partial charge in [-0.1, -0.05) is 30.3 Å². The molecule has 3 rings (SSSR count). The number of hydrogen-bond donors (Lipinski definition) is 1. The Labute approximate surface area is 150 Å². The molecule has 2 heterocycles. The summed E-state index contributed by atoms with van der Waals surface area (Å²) in [5.74, 6) is 0.104. The van der Waals surface area contributed by atoms with E-state index in [-0.39, 0.29) is 30.5 Å². The number of benzene rings is 1. The van der Waals surface area contributed by atoms with Crippen molar-refractivity contribution < 1.29 is 14.3 Å². The number of nitrogens with zero attached hydrogens (tertiary/aromatic N) is 1. The van der Waals surface area contributed by atoms with Crippen molar-refractivity contribution in [1.29, 1.82) is 0 Å². The second kappa shape index (κ2) is 9.99. The van der Waals surface area contributed by atoms with Crippen LogP contribution in [0, 0.1) is 0 Å². The monoisotopic (exact) mass is 354 g/mol. The number of aryl methyl sites for hydroxylation is 1. The Morgan fingerprint density at radius 1 is 1.33 bits per heavy atom. The van der Waals surface area contributed by atoms with Gasteiger partial charge in [0.05, 0.1) is 12.7 Å². The zero-order valence-electron chi connectivity index (χ0n) is 14.0. The molecule has 134 valence electrons. The van der Waals surface area contributed by atoms with Gasteiger partial charge in [0.15, 0.2) is 0 Å². The highest BCUT2D eigenvalue weighted by molar-refractivity contribution is 5.85. The number of amides is 1. The molecular weight excluding hydrogens is 328 g/mol. The Kier molecular flexibility index (Phi) is 7.99. The van der Waals surface area contributed by atoms with Gasteiger partial charge in [-0.3, -0.25) is 4.79 Å². The molecule has 0 spiro atoms. The molecule has 1 aromatic carbocycles. The fourth-order valence-electron chi connectivity index (χ4n) is 3.16. The first-order valence-electron chi connectivity index (χ1n) is 8.59. The predicted molar refractivity (Wildman–Crippen MR) is 95.6 cm³/mol. The van der Waals surface area contributed by atoms with Crippen LogP contribution in [-0.4, -0.2) is 62.4 Å². The lowest BCUT2D eigenvalue weighted by Crippen LogP contribution is -2.49. The molecule has 1 N–H and O–H groups in total. The largest absolute Gasteiger partial charge is 0.376 e. The van der Waals surface area contributed by atoms with Crippen molar-refractivity contribution in [3.63, 3.8) is 0 Å². The van der Waals surface area contributed by atoms with Crippen molar-refractivity contribution in [2.45, 2.75) is 31.5 Å². The molecule has 0 bridgehead atoms. The number of rotatable bonds is 6. The maximum Gasteiger partial charge on any atom is 0.253 e. The van der Waals surface area contributed by atoms with Crippen LogP contribution in [0.2, 0.25) is 0 Å². The normalized spacial score (nSPS) is 23.8. The van der Waals surface area contributed by atoms with E-state index in [1.54, 1.807) is 0 Å². The van der Waals surface area contributed by atoms with Crippen LogP contribution in [0.5, 0.6) is 0 Å². The van der Waals surface area contributed by atoms with Gasteiger partial charge < -0.3 is 19.7 Å². The Morgan fingerprint density at radius 3 is 2.92 bits per heavy atom. The van der Waals surface area contributed by atoms with Gasteiger partial charge in [-0.05, 0) is 24.8 Å². The van der Waals surface area contributed by atoms with Gasteiger partial charge in [0.2, 0.25) is 0 Å². The lowest BCUT2D eigenvalue weighted by molar-refractivity contribution is -0.144. The summed E-state index contributed by atoms with van der Waals surface area (Å²) in [4.78, 5) is 14.3. The SMILES string of the molecule is Cl.O=C(C1CNCCO1)N1CCC(OCCCc2ccccc2)C1. The van der Waals surface area contributed by atoms with Crippen molar-refractivity contribution in [3.8, 4) is 0 Å². The molecule has 2 fully saturated rings. The molecule has 2 aliphatic heterocycles. The van der Waals surface area contributed by atoms with E-state index in [0.29, 0.717) is 19.7 Å². The van der Waals surface area contributed by atoms with Gasteiger partial charge in [-0.2, -0.15) is 0 Å². The van der Waals surface area contributed by atoms with Gasteiger partial charge in [0.25, 0.3) is 5.91 Å². The van der Waals surface area contributed by atoms with Crippen LogP contribution >= 0.6 is 12.4 Å². The van der Waals surface area contributed by atoms with Crippen LogP contribution in [0.1, 0.15) is 18.4 Å². The van der Waals surface area contributed by atoms with Crippen molar-refractivity contribution in [2.24, 2.45) is 0 Å². The average Bonchev–Trinajstić information content (AvgIpc) is 3.09. The summed E-state index contributed by atoms with van der Waals surface area (Å²) >= 11 is 0. The van der Waals surface area contributed by atoms with E-state index < -0.39 is 0 Å². The fraction of sp³-hybridized carbons (Fsp3) is 0.611. The van der Waals surface area contributed by atoms with Crippen LogP contribution in [0.25, 0.3) is 0 Å². The predicted octanol–water partition coefficient (Wildman–Crippen LogP) is 1.65. The molecule has 1 amide bonds. The fourth-order valence-corrected chi connectivity index (χ4v) is 3.16. The first kappa shape index (κ1) is 19.2. The van der Waals surface area contributed by atoms with Crippen molar-refractivity contribution >= 4 is 18.3 Å². The maximum atomic E-state index is 12.4. The second-order valence-electron chi connectivity index (χ2n) is 6.22. The van der Waals surface area contributed by atoms with E-state index in [1.807, 2.05) is 11.0 Å². The minimum absolute atomic E-state index is 0. The molecule has 0 aliphatic carbocycles. The van der Waals surface area contributed by atoms with E-state index in [4.69, 9.17) is 9.47 Å². The summed E-state index contributed by atoms with van der Waals surface area (Å²) in [7, 11) is 0. The number of morpholine rings is 1. The molecule has 0 saturated carbocycles. The highest BCUT2D eigenvalue weighted by atomic mass is 35.5. The second-order valence-corrected chi connectivity index (χ2v) is 6.22. The quantitative estimate of drug-likeness (QED) is 0.789. The zero-order chi connectivity index (χ0) is 15.9. The van der Waals surface area contributed by atoms with E-state index in [9.17, 15) is 4.79 Å². The third-order valence-corrected chi connectivity index (χ3v) is 4.47. The van der Waals surface area contributed by atoms with Crippen LogP contribution < -0.4 is 5.32 Å². The summed E-state index contributed by atoms with van der Waals surface area (Å²) in [5, 5.41) is 3.20. The highest BCUT2D eigenvalue weighted by Crippen LogP contribution is 2.16. The summed E-state index contributed by atoms with van der Waals surface area (Å²) in [5.41, 5.74) is 1.35. The maximum absolute atomic E-state index is 12.4. The number of halogens is 1. The highest BCUT2D eigenvalue weighted by Gasteiger charge is 2.32. The van der Waals surface area contributed by atoms with Crippen LogP contribution in [-0.2, 0) is 20.7 Å². The van der Waals surface area contributed by atoms with E-state index in [0.717, 1.165) is 39.0 Å². The molecule has 2 atom stereocenters. The summed E-state index contributed by atoms with van der Waals surface area (Å²) in [6, 6.07) is 10.5. The van der Waals surface area contributed by atoms with Crippen LogP contribution in [0.3, 0.4) is 0 Å². The third-order valence-electron chi connectivity index (χ3n) is 4.47. The Bertz CT molecular complexity index is 494. The van der Waals surface area contributed by atoms with E-state index in [2.05, 4.69) is 29.6 Å². The molecule has 2 aliphatic rings. The first-order chi connectivity index (χ1) is 11.3. The van der Waals surface area contributed by atoms with Gasteiger partial charge in [0, 0.05) is 32.8 Å². The number of hydrogen-bond acceptors (Lipinski definition) is 4. The summed E-state index contributed by atoms with van der Waals surface area (Å²) in [6.07, 6.45) is 2.84. The Morgan fingerprint density at radius 2 is 2.17 bits per heavy atom. The molecule has 2 unspecified atom stereocenters. The Balaban J connectivity index is 0.00000208.